The summed E-state index contributed by atoms with van der Waals surface area (Å²) in [4.78, 5) is 25.5. The van der Waals surface area contributed by atoms with Crippen molar-refractivity contribution in [3.63, 3.8) is 0 Å². The van der Waals surface area contributed by atoms with Crippen molar-refractivity contribution in [2.24, 2.45) is 11.3 Å². The van der Waals surface area contributed by atoms with Crippen LogP contribution in [0.15, 0.2) is 17.1 Å². The average Bonchev–Trinajstić information content (AvgIpc) is 3.40. The van der Waals surface area contributed by atoms with E-state index in [1.807, 2.05) is 20.8 Å². The zero-order valence-electron chi connectivity index (χ0n) is 17.3. The van der Waals surface area contributed by atoms with Crippen LogP contribution in [0.25, 0.3) is 10.9 Å². The van der Waals surface area contributed by atoms with E-state index in [-0.39, 0.29) is 34.0 Å². The third-order valence-corrected chi connectivity index (χ3v) is 5.77. The third-order valence-electron chi connectivity index (χ3n) is 5.77. The molecule has 4 rings (SSSR count). The van der Waals surface area contributed by atoms with Crippen LogP contribution in [0.2, 0.25) is 0 Å². The zero-order valence-corrected chi connectivity index (χ0v) is 17.3. The van der Waals surface area contributed by atoms with Crippen LogP contribution in [-0.4, -0.2) is 34.4 Å². The summed E-state index contributed by atoms with van der Waals surface area (Å²) < 4.78 is 31.9. The highest BCUT2D eigenvalue weighted by Crippen LogP contribution is 2.41. The lowest BCUT2D eigenvalue weighted by molar-refractivity contribution is 0.0694. The Kier molecular flexibility index (Phi) is 4.71. The highest BCUT2D eigenvalue weighted by atomic mass is 19.1. The smallest absolute Gasteiger partial charge is 0.341 e. The van der Waals surface area contributed by atoms with Gasteiger partial charge < -0.3 is 20.0 Å². The molecule has 0 unspecified atom stereocenters. The molecular weight excluding hydrogens is 392 g/mol. The standard InChI is InChI=1S/C22H25F2N3O3/c1-22(2,3)7-16(25)11-8-26(9-11)19-15(23)6-13-18(17(19)24)27(12-4-5-12)10-14(20(13)28)21(29)30/h6,10-12,25H,4-5,7-9H2,1-3H3,(H,29,30). The van der Waals surface area contributed by atoms with E-state index in [1.54, 1.807) is 4.90 Å². The lowest BCUT2D eigenvalue weighted by Gasteiger charge is -2.42. The largest absolute Gasteiger partial charge is 0.477 e. The molecule has 1 aromatic carbocycles. The van der Waals surface area contributed by atoms with E-state index < -0.39 is 28.6 Å². The molecule has 0 amide bonds. The van der Waals surface area contributed by atoms with Crippen molar-refractivity contribution in [2.45, 2.75) is 46.1 Å². The second-order valence-electron chi connectivity index (χ2n) is 9.60. The summed E-state index contributed by atoms with van der Waals surface area (Å²) >= 11 is 0. The van der Waals surface area contributed by atoms with Gasteiger partial charge in [-0.2, -0.15) is 0 Å². The van der Waals surface area contributed by atoms with Crippen molar-refractivity contribution in [3.05, 3.63) is 39.7 Å². The van der Waals surface area contributed by atoms with Crippen LogP contribution in [0.3, 0.4) is 0 Å². The van der Waals surface area contributed by atoms with Gasteiger partial charge in [-0.15, -0.1) is 0 Å². The first-order chi connectivity index (χ1) is 14.0. The Bertz CT molecular complexity index is 1120. The van der Waals surface area contributed by atoms with Crippen molar-refractivity contribution in [3.8, 4) is 0 Å². The van der Waals surface area contributed by atoms with Gasteiger partial charge >= 0.3 is 5.97 Å². The molecule has 1 aliphatic carbocycles. The number of carbonyl (C=O) groups is 1. The van der Waals surface area contributed by atoms with Crippen LogP contribution in [0, 0.1) is 28.4 Å². The van der Waals surface area contributed by atoms with E-state index in [0.29, 0.717) is 25.2 Å². The number of aromatic carboxylic acids is 1. The van der Waals surface area contributed by atoms with Gasteiger partial charge in [-0.3, -0.25) is 4.79 Å². The molecule has 0 bridgehead atoms. The zero-order chi connectivity index (χ0) is 22.0. The minimum atomic E-state index is -1.41. The van der Waals surface area contributed by atoms with Crippen molar-refractivity contribution in [1.29, 1.82) is 5.41 Å². The molecule has 2 N–H and O–H groups in total. The SMILES string of the molecule is CC(C)(C)CC(=N)C1CN(c2c(F)cc3c(=O)c(C(=O)O)cn(C4CC4)c3c2F)C1. The van der Waals surface area contributed by atoms with Gasteiger partial charge in [-0.1, -0.05) is 20.8 Å². The van der Waals surface area contributed by atoms with Crippen LogP contribution in [0.1, 0.15) is 56.4 Å². The van der Waals surface area contributed by atoms with Crippen molar-refractivity contribution >= 4 is 28.3 Å². The van der Waals surface area contributed by atoms with E-state index in [1.165, 1.54) is 10.8 Å². The molecule has 160 valence electrons. The fourth-order valence-corrected chi connectivity index (χ4v) is 4.11. The van der Waals surface area contributed by atoms with E-state index in [9.17, 15) is 19.1 Å². The summed E-state index contributed by atoms with van der Waals surface area (Å²) in [7, 11) is 0. The first kappa shape index (κ1) is 20.5. The first-order valence-electron chi connectivity index (χ1n) is 10.1. The summed E-state index contributed by atoms with van der Waals surface area (Å²) in [6.45, 7) is 6.82. The molecule has 8 heteroatoms. The average molecular weight is 417 g/mol. The Labute approximate surface area is 172 Å². The fraction of sp³-hybridized carbons (Fsp3) is 0.500. The number of carboxylic acids is 1. The molecule has 30 heavy (non-hydrogen) atoms. The Hall–Kier alpha value is -2.77. The number of nitrogens with one attached hydrogen (secondary N) is 1. The highest BCUT2D eigenvalue weighted by molar-refractivity contribution is 5.94. The molecule has 0 atom stereocenters. The Morgan fingerprint density at radius 1 is 1.27 bits per heavy atom. The Balaban J connectivity index is 1.74. The summed E-state index contributed by atoms with van der Waals surface area (Å²) in [6, 6.07) is 0.859. The van der Waals surface area contributed by atoms with E-state index in [4.69, 9.17) is 5.41 Å². The maximum absolute atomic E-state index is 15.5. The van der Waals surface area contributed by atoms with Gasteiger partial charge in [0, 0.05) is 37.0 Å². The van der Waals surface area contributed by atoms with Gasteiger partial charge in [0.05, 0.1) is 10.9 Å². The number of anilines is 1. The van der Waals surface area contributed by atoms with Crippen molar-refractivity contribution in [2.75, 3.05) is 18.0 Å². The highest BCUT2D eigenvalue weighted by Gasteiger charge is 2.37. The number of fused-ring (bicyclic) bond motifs is 1. The van der Waals surface area contributed by atoms with Crippen LogP contribution >= 0.6 is 0 Å². The van der Waals surface area contributed by atoms with Crippen molar-refractivity contribution < 1.29 is 18.7 Å². The van der Waals surface area contributed by atoms with Crippen LogP contribution in [0.4, 0.5) is 14.5 Å². The maximum atomic E-state index is 15.5. The molecule has 1 aliphatic heterocycles. The molecule has 0 spiro atoms. The van der Waals surface area contributed by atoms with Crippen LogP contribution < -0.4 is 10.3 Å². The molecule has 2 aromatic rings. The molecular formula is C22H25F2N3O3. The third kappa shape index (κ3) is 3.48. The molecule has 2 aliphatic rings. The quantitative estimate of drug-likeness (QED) is 0.714. The Morgan fingerprint density at radius 3 is 2.43 bits per heavy atom. The molecule has 0 radical (unpaired) electrons. The van der Waals surface area contributed by atoms with Gasteiger partial charge in [0.2, 0.25) is 5.43 Å². The summed E-state index contributed by atoms with van der Waals surface area (Å²) in [5, 5.41) is 17.3. The molecule has 2 heterocycles. The van der Waals surface area contributed by atoms with Crippen molar-refractivity contribution in [1.82, 2.24) is 4.57 Å². The van der Waals surface area contributed by atoms with E-state index >= 15 is 4.39 Å². The number of benzene rings is 1. The Morgan fingerprint density at radius 2 is 1.90 bits per heavy atom. The monoisotopic (exact) mass is 417 g/mol. The first-order valence-corrected chi connectivity index (χ1v) is 10.1. The lowest BCUT2D eigenvalue weighted by Crippen LogP contribution is -2.51. The number of carboxylic acid groups (broad SMARTS) is 1. The molecule has 2 fully saturated rings. The fourth-order valence-electron chi connectivity index (χ4n) is 4.11. The second kappa shape index (κ2) is 6.89. The number of aromatic nitrogens is 1. The molecule has 6 nitrogen and oxygen atoms in total. The summed E-state index contributed by atoms with van der Waals surface area (Å²) in [5.74, 6) is -3.20. The van der Waals surface area contributed by atoms with E-state index in [0.717, 1.165) is 18.9 Å². The molecule has 1 aromatic heterocycles. The number of hydrogen-bond donors (Lipinski definition) is 2. The minimum Gasteiger partial charge on any atom is -0.477 e. The molecule has 1 saturated carbocycles. The van der Waals surface area contributed by atoms with E-state index in [2.05, 4.69) is 0 Å². The number of pyridine rings is 1. The van der Waals surface area contributed by atoms with Gasteiger partial charge in [0.1, 0.15) is 17.1 Å². The predicted octanol–water partition coefficient (Wildman–Crippen LogP) is 4.20. The maximum Gasteiger partial charge on any atom is 0.341 e. The predicted molar refractivity (Wildman–Crippen MR) is 111 cm³/mol. The topological polar surface area (TPSA) is 86.4 Å². The second-order valence-corrected chi connectivity index (χ2v) is 9.60. The summed E-state index contributed by atoms with van der Waals surface area (Å²) in [5.41, 5.74) is -1.08. The van der Waals surface area contributed by atoms with Gasteiger partial charge in [-0.25, -0.2) is 13.6 Å². The number of hydrogen-bond acceptors (Lipinski definition) is 4. The van der Waals surface area contributed by atoms with Gasteiger partial charge in [-0.05, 0) is 30.7 Å². The van der Waals surface area contributed by atoms with Crippen LogP contribution in [0.5, 0.6) is 0 Å². The number of rotatable bonds is 5. The number of halogens is 2. The van der Waals surface area contributed by atoms with Crippen LogP contribution in [-0.2, 0) is 0 Å². The van der Waals surface area contributed by atoms with Gasteiger partial charge in [0.25, 0.3) is 0 Å². The lowest BCUT2D eigenvalue weighted by atomic mass is 9.82. The number of nitrogens with zero attached hydrogens (tertiary/aromatic N) is 2. The molecule has 1 saturated heterocycles. The van der Waals surface area contributed by atoms with Gasteiger partial charge in [0.15, 0.2) is 5.82 Å². The minimum absolute atomic E-state index is 0.0286. The summed E-state index contributed by atoms with van der Waals surface area (Å²) in [6.07, 6.45) is 3.29. The normalized spacial score (nSPS) is 17.3.